The quantitative estimate of drug-likeness (QED) is 0.307. The van der Waals surface area contributed by atoms with Crippen LogP contribution < -0.4 is 0 Å². The number of carbonyl (C=O) groups excluding carboxylic acids is 2. The van der Waals surface area contributed by atoms with Gasteiger partial charge < -0.3 is 48.9 Å². The molecule has 5 N–H and O–H groups in total. The highest BCUT2D eigenvalue weighted by molar-refractivity contribution is 5.94. The van der Waals surface area contributed by atoms with E-state index in [1.54, 1.807) is 13.0 Å². The van der Waals surface area contributed by atoms with E-state index >= 15 is 0 Å². The van der Waals surface area contributed by atoms with Crippen molar-refractivity contribution in [2.45, 2.75) is 75.7 Å². The normalized spacial score (nSPS) is 43.9. The van der Waals surface area contributed by atoms with Crippen LogP contribution >= 0.6 is 0 Å². The second-order valence-electron chi connectivity index (χ2n) is 11.1. The summed E-state index contributed by atoms with van der Waals surface area (Å²) in [4.78, 5) is 26.5. The molecule has 0 unspecified atom stereocenters. The lowest BCUT2D eigenvalue weighted by Gasteiger charge is -2.59. The highest BCUT2D eigenvalue weighted by atomic mass is 16.7. The van der Waals surface area contributed by atoms with Crippen molar-refractivity contribution < 1.29 is 58.5 Å². The first-order valence-electron chi connectivity index (χ1n) is 12.9. The summed E-state index contributed by atoms with van der Waals surface area (Å²) in [5.41, 5.74) is -1.03. The molecule has 1 aromatic rings. The number of cyclic esters (lactones) is 1. The number of esters is 2. The second-order valence-corrected chi connectivity index (χ2v) is 11.1. The van der Waals surface area contributed by atoms with E-state index in [0.29, 0.717) is 12.0 Å². The first kappa shape index (κ1) is 28.0. The van der Waals surface area contributed by atoms with E-state index in [9.17, 15) is 35.1 Å². The van der Waals surface area contributed by atoms with Crippen LogP contribution in [0.3, 0.4) is 0 Å². The number of rotatable bonds is 5. The molecule has 0 bridgehead atoms. The summed E-state index contributed by atoms with van der Waals surface area (Å²) in [6.07, 6.45) is -4.09. The molecule has 2 aliphatic carbocycles. The van der Waals surface area contributed by atoms with E-state index in [0.717, 1.165) is 0 Å². The molecule has 12 heteroatoms. The van der Waals surface area contributed by atoms with Gasteiger partial charge >= 0.3 is 11.9 Å². The minimum Gasteiger partial charge on any atom is -0.472 e. The van der Waals surface area contributed by atoms with Crippen molar-refractivity contribution in [3.63, 3.8) is 0 Å². The topological polar surface area (TPSA) is 185 Å². The summed E-state index contributed by atoms with van der Waals surface area (Å²) in [7, 11) is 1.22. The van der Waals surface area contributed by atoms with Crippen LogP contribution in [0.15, 0.2) is 46.3 Å². The highest BCUT2D eigenvalue weighted by Crippen LogP contribution is 2.63. The lowest BCUT2D eigenvalue weighted by atomic mass is 9.47. The van der Waals surface area contributed by atoms with Crippen molar-refractivity contribution in [2.75, 3.05) is 13.7 Å². The van der Waals surface area contributed by atoms with Gasteiger partial charge in [0, 0.05) is 27.5 Å². The van der Waals surface area contributed by atoms with Gasteiger partial charge in [-0.15, -0.1) is 0 Å². The molecule has 214 valence electrons. The van der Waals surface area contributed by atoms with Crippen molar-refractivity contribution in [3.05, 3.63) is 47.5 Å². The van der Waals surface area contributed by atoms with E-state index in [2.05, 4.69) is 0 Å². The Balaban J connectivity index is 1.61. The lowest BCUT2D eigenvalue weighted by Crippen LogP contribution is -2.63. The van der Waals surface area contributed by atoms with Gasteiger partial charge in [-0.3, -0.25) is 0 Å². The fourth-order valence-corrected chi connectivity index (χ4v) is 6.81. The summed E-state index contributed by atoms with van der Waals surface area (Å²) in [6, 6.07) is 1.71. The summed E-state index contributed by atoms with van der Waals surface area (Å²) in [5, 5.41) is 51.6. The summed E-state index contributed by atoms with van der Waals surface area (Å²) < 4.78 is 27.8. The zero-order valence-corrected chi connectivity index (χ0v) is 21.8. The van der Waals surface area contributed by atoms with Crippen LogP contribution in [0.2, 0.25) is 0 Å². The van der Waals surface area contributed by atoms with Crippen LogP contribution in [0.4, 0.5) is 0 Å². The largest absolute Gasteiger partial charge is 0.472 e. The molecule has 0 amide bonds. The van der Waals surface area contributed by atoms with Gasteiger partial charge in [0.1, 0.15) is 30.5 Å². The first-order valence-corrected chi connectivity index (χ1v) is 12.9. The van der Waals surface area contributed by atoms with E-state index < -0.39 is 84.3 Å². The van der Waals surface area contributed by atoms with Gasteiger partial charge in [0.15, 0.2) is 6.29 Å². The molecule has 5 rings (SSSR count). The Kier molecular flexibility index (Phi) is 7.25. The van der Waals surface area contributed by atoms with Crippen molar-refractivity contribution in [1.82, 2.24) is 0 Å². The smallest absolute Gasteiger partial charge is 0.334 e. The van der Waals surface area contributed by atoms with Gasteiger partial charge in [0.05, 0.1) is 38.5 Å². The molecule has 11 atom stereocenters. The monoisotopic (exact) mass is 550 g/mol. The van der Waals surface area contributed by atoms with Crippen LogP contribution in [-0.2, 0) is 28.5 Å². The van der Waals surface area contributed by atoms with Gasteiger partial charge in [0.2, 0.25) is 0 Å². The maximum atomic E-state index is 13.4. The van der Waals surface area contributed by atoms with E-state index in [1.807, 2.05) is 6.92 Å². The first-order chi connectivity index (χ1) is 18.4. The number of hydrogen-bond donors (Lipinski definition) is 5. The molecule has 1 aromatic heterocycles. The van der Waals surface area contributed by atoms with Crippen molar-refractivity contribution in [1.29, 1.82) is 0 Å². The van der Waals surface area contributed by atoms with Crippen LogP contribution in [0.1, 0.15) is 38.4 Å². The Labute approximate surface area is 224 Å². The predicted molar refractivity (Wildman–Crippen MR) is 129 cm³/mol. The lowest BCUT2D eigenvalue weighted by molar-refractivity contribution is -0.317. The number of methoxy groups -OCH3 is 1. The van der Waals surface area contributed by atoms with Crippen molar-refractivity contribution in [2.24, 2.45) is 16.7 Å². The number of hydrogen-bond acceptors (Lipinski definition) is 12. The molecular weight excluding hydrogens is 516 g/mol. The average Bonchev–Trinajstić information content (AvgIpc) is 3.45. The van der Waals surface area contributed by atoms with Crippen LogP contribution in [-0.4, -0.2) is 94.1 Å². The molecule has 0 saturated carbocycles. The molecule has 2 fully saturated rings. The van der Waals surface area contributed by atoms with Gasteiger partial charge in [-0.1, -0.05) is 13.8 Å². The molecule has 12 nitrogen and oxygen atoms in total. The molecule has 0 radical (unpaired) electrons. The molecule has 2 aliphatic heterocycles. The van der Waals surface area contributed by atoms with Gasteiger partial charge in [-0.25, -0.2) is 9.59 Å². The summed E-state index contributed by atoms with van der Waals surface area (Å²) in [5.74, 6) is -1.87. The average molecular weight is 551 g/mol. The standard InChI is InChI=1S/C27H34O12/c1-26-9-16(12-4-5-36-11-12)37-24(34)14(26)8-19(39-25-22(32)21(31)20(30)17(10-28)38-25)27(2)15(23(33)35-3)6-13(29)7-18(26)27/h4-6,8,11,13,16-22,25,28-32H,7,9-10H2,1-3H3/t13-,16-,17+,18-,19-,20+,21-,22+,25-,26+,27-/m0/s1. The maximum Gasteiger partial charge on any atom is 0.334 e. The van der Waals surface area contributed by atoms with E-state index in [-0.39, 0.29) is 17.6 Å². The molecular formula is C27H34O12. The fraction of sp³-hybridized carbons (Fsp3) is 0.630. The minimum atomic E-state index is -1.71. The van der Waals surface area contributed by atoms with Crippen LogP contribution in [0, 0.1) is 16.7 Å². The van der Waals surface area contributed by atoms with Crippen molar-refractivity contribution in [3.8, 4) is 0 Å². The Morgan fingerprint density at radius 3 is 2.51 bits per heavy atom. The van der Waals surface area contributed by atoms with Gasteiger partial charge in [-0.2, -0.15) is 0 Å². The van der Waals surface area contributed by atoms with Crippen LogP contribution in [0.5, 0.6) is 0 Å². The molecule has 0 aromatic carbocycles. The highest BCUT2D eigenvalue weighted by Gasteiger charge is 2.64. The van der Waals surface area contributed by atoms with E-state index in [4.69, 9.17) is 23.4 Å². The number of ether oxygens (including phenoxy) is 4. The van der Waals surface area contributed by atoms with Crippen LogP contribution in [0.25, 0.3) is 0 Å². The second kappa shape index (κ2) is 10.1. The number of carbonyl (C=O) groups is 2. The number of aliphatic hydroxyl groups is 5. The van der Waals surface area contributed by atoms with Gasteiger partial charge in [0.25, 0.3) is 0 Å². The molecule has 4 aliphatic rings. The Hall–Kier alpha value is -2.58. The third-order valence-corrected chi connectivity index (χ3v) is 8.96. The molecule has 39 heavy (non-hydrogen) atoms. The zero-order chi connectivity index (χ0) is 28.3. The fourth-order valence-electron chi connectivity index (χ4n) is 6.81. The predicted octanol–water partition coefficient (Wildman–Crippen LogP) is -0.114. The minimum absolute atomic E-state index is 0.124. The third-order valence-electron chi connectivity index (χ3n) is 8.96. The van der Waals surface area contributed by atoms with Crippen molar-refractivity contribution >= 4 is 11.9 Å². The summed E-state index contributed by atoms with van der Waals surface area (Å²) >= 11 is 0. The maximum absolute atomic E-state index is 13.4. The number of furan rings is 1. The SMILES string of the molecule is COC(=O)C1=C[C@H](O)C[C@@H]2[C@@]1(C)[C@@H](O[C@@H]1O[C@H](CO)[C@@H](O)[C@H](O)[C@H]1O)C=C1C(=O)O[C@H](c3ccoc3)C[C@]12C. The summed E-state index contributed by atoms with van der Waals surface area (Å²) in [6.45, 7) is 2.98. The zero-order valence-electron chi connectivity index (χ0n) is 21.8. The number of aliphatic hydroxyl groups excluding tert-OH is 5. The third kappa shape index (κ3) is 4.34. The molecule has 3 heterocycles. The Morgan fingerprint density at radius 2 is 1.87 bits per heavy atom. The molecule has 0 spiro atoms. The number of fused-ring (bicyclic) bond motifs is 3. The Morgan fingerprint density at radius 1 is 1.13 bits per heavy atom. The van der Waals surface area contributed by atoms with Gasteiger partial charge in [-0.05, 0) is 37.0 Å². The van der Waals surface area contributed by atoms with E-state index in [1.165, 1.54) is 31.8 Å². The molecule has 2 saturated heterocycles. The Bertz CT molecular complexity index is 1160.